The van der Waals surface area contributed by atoms with Crippen molar-refractivity contribution < 1.29 is 4.74 Å². The lowest BCUT2D eigenvalue weighted by atomic mass is 10.1. The standard InChI is InChI=1S/C11H17NO/c1-4-12-8-10-7-5-6-9(2)11(10)13-3/h5-7,12H,4,8H2,1-3H3. The first-order valence-corrected chi connectivity index (χ1v) is 4.62. The fourth-order valence-electron chi connectivity index (χ4n) is 1.40. The number of benzene rings is 1. The van der Waals surface area contributed by atoms with Crippen molar-refractivity contribution >= 4 is 0 Å². The third-order valence-corrected chi connectivity index (χ3v) is 2.06. The number of ether oxygens (including phenoxy) is 1. The Bertz CT molecular complexity index is 271. The normalized spacial score (nSPS) is 10.1. The summed E-state index contributed by atoms with van der Waals surface area (Å²) in [6, 6.07) is 6.22. The number of methoxy groups -OCH3 is 1. The van der Waals surface area contributed by atoms with Crippen LogP contribution in [0.25, 0.3) is 0 Å². The molecule has 0 bridgehead atoms. The quantitative estimate of drug-likeness (QED) is 0.764. The highest BCUT2D eigenvalue weighted by molar-refractivity contribution is 5.40. The van der Waals surface area contributed by atoms with E-state index in [4.69, 9.17) is 4.74 Å². The Morgan fingerprint density at radius 2 is 2.15 bits per heavy atom. The van der Waals surface area contributed by atoms with Gasteiger partial charge < -0.3 is 10.1 Å². The predicted molar refractivity (Wildman–Crippen MR) is 55.1 cm³/mol. The lowest BCUT2D eigenvalue weighted by molar-refractivity contribution is 0.405. The molecule has 0 atom stereocenters. The fourth-order valence-corrected chi connectivity index (χ4v) is 1.40. The number of hydrogen-bond acceptors (Lipinski definition) is 2. The monoisotopic (exact) mass is 179 g/mol. The maximum atomic E-state index is 5.33. The lowest BCUT2D eigenvalue weighted by Gasteiger charge is -2.10. The summed E-state index contributed by atoms with van der Waals surface area (Å²) >= 11 is 0. The molecule has 2 heteroatoms. The molecule has 0 aliphatic heterocycles. The minimum absolute atomic E-state index is 0.876. The maximum absolute atomic E-state index is 5.33. The molecule has 0 aliphatic rings. The van der Waals surface area contributed by atoms with Crippen LogP contribution in [0.3, 0.4) is 0 Å². The molecule has 0 aromatic heterocycles. The summed E-state index contributed by atoms with van der Waals surface area (Å²) in [4.78, 5) is 0. The van der Waals surface area contributed by atoms with Crippen LogP contribution in [-0.4, -0.2) is 13.7 Å². The van der Waals surface area contributed by atoms with Gasteiger partial charge in [-0.25, -0.2) is 0 Å². The van der Waals surface area contributed by atoms with Gasteiger partial charge in [0.05, 0.1) is 7.11 Å². The Kier molecular flexibility index (Phi) is 3.77. The van der Waals surface area contributed by atoms with Gasteiger partial charge in [0, 0.05) is 12.1 Å². The first-order valence-electron chi connectivity index (χ1n) is 4.62. The van der Waals surface area contributed by atoms with Gasteiger partial charge in [-0.2, -0.15) is 0 Å². The van der Waals surface area contributed by atoms with Crippen molar-refractivity contribution in [3.05, 3.63) is 29.3 Å². The first-order chi connectivity index (χ1) is 6.29. The second-order valence-electron chi connectivity index (χ2n) is 3.05. The number of hydrogen-bond donors (Lipinski definition) is 1. The second-order valence-corrected chi connectivity index (χ2v) is 3.05. The third-order valence-electron chi connectivity index (χ3n) is 2.06. The topological polar surface area (TPSA) is 21.3 Å². The summed E-state index contributed by atoms with van der Waals surface area (Å²) < 4.78 is 5.33. The highest BCUT2D eigenvalue weighted by Gasteiger charge is 2.03. The molecule has 2 nitrogen and oxygen atoms in total. The molecule has 0 unspecified atom stereocenters. The smallest absolute Gasteiger partial charge is 0.126 e. The summed E-state index contributed by atoms with van der Waals surface area (Å²) in [5.41, 5.74) is 2.42. The molecule has 1 N–H and O–H groups in total. The molecule has 1 aromatic carbocycles. The van der Waals surface area contributed by atoms with Gasteiger partial charge in [0.15, 0.2) is 0 Å². The SMILES string of the molecule is CCNCc1cccc(C)c1OC. The van der Waals surface area contributed by atoms with E-state index in [1.165, 1.54) is 11.1 Å². The molecule has 13 heavy (non-hydrogen) atoms. The van der Waals surface area contributed by atoms with Crippen molar-refractivity contribution in [1.82, 2.24) is 5.32 Å². The van der Waals surface area contributed by atoms with Crippen molar-refractivity contribution in [2.75, 3.05) is 13.7 Å². The molecule has 72 valence electrons. The molecule has 0 radical (unpaired) electrons. The summed E-state index contributed by atoms with van der Waals surface area (Å²) in [5, 5.41) is 3.29. The number of nitrogens with one attached hydrogen (secondary N) is 1. The van der Waals surface area contributed by atoms with Gasteiger partial charge in [-0.15, -0.1) is 0 Å². The molecule has 1 aromatic rings. The van der Waals surface area contributed by atoms with Gasteiger partial charge in [0.1, 0.15) is 5.75 Å². The van der Waals surface area contributed by atoms with Crippen molar-refractivity contribution in [2.24, 2.45) is 0 Å². The van der Waals surface area contributed by atoms with E-state index in [1.807, 2.05) is 0 Å². The largest absolute Gasteiger partial charge is 0.496 e. The molecule has 0 spiro atoms. The molecular weight excluding hydrogens is 162 g/mol. The van der Waals surface area contributed by atoms with E-state index in [0.717, 1.165) is 18.8 Å². The fraction of sp³-hybridized carbons (Fsp3) is 0.455. The summed E-state index contributed by atoms with van der Waals surface area (Å²) in [7, 11) is 1.72. The predicted octanol–water partition coefficient (Wildman–Crippen LogP) is 2.11. The van der Waals surface area contributed by atoms with Gasteiger partial charge in [0.25, 0.3) is 0 Å². The molecular formula is C11H17NO. The van der Waals surface area contributed by atoms with Gasteiger partial charge in [-0.3, -0.25) is 0 Å². The highest BCUT2D eigenvalue weighted by Crippen LogP contribution is 2.22. The molecule has 0 saturated heterocycles. The molecule has 0 heterocycles. The van der Waals surface area contributed by atoms with E-state index < -0.39 is 0 Å². The minimum atomic E-state index is 0.876. The molecule has 0 amide bonds. The summed E-state index contributed by atoms with van der Waals surface area (Å²) in [5.74, 6) is 1.00. The van der Waals surface area contributed by atoms with E-state index in [9.17, 15) is 0 Å². The van der Waals surface area contributed by atoms with E-state index in [1.54, 1.807) is 7.11 Å². The zero-order chi connectivity index (χ0) is 9.68. The Labute approximate surface area is 79.9 Å². The molecule has 0 saturated carbocycles. The van der Waals surface area contributed by atoms with E-state index in [-0.39, 0.29) is 0 Å². The van der Waals surface area contributed by atoms with Crippen LogP contribution in [0.15, 0.2) is 18.2 Å². The molecule has 0 fully saturated rings. The zero-order valence-electron chi connectivity index (χ0n) is 8.55. The number of para-hydroxylation sites is 1. The van der Waals surface area contributed by atoms with Crippen LogP contribution in [0.4, 0.5) is 0 Å². The first kappa shape index (κ1) is 10.1. The summed E-state index contributed by atoms with van der Waals surface area (Å²) in [6.45, 7) is 6.02. The van der Waals surface area contributed by atoms with Gasteiger partial charge in [0.2, 0.25) is 0 Å². The Balaban J connectivity index is 2.85. The van der Waals surface area contributed by atoms with Crippen LogP contribution in [0.1, 0.15) is 18.1 Å². The van der Waals surface area contributed by atoms with Crippen LogP contribution >= 0.6 is 0 Å². The van der Waals surface area contributed by atoms with Gasteiger partial charge in [-0.1, -0.05) is 25.1 Å². The number of aryl methyl sites for hydroxylation is 1. The van der Waals surface area contributed by atoms with Crippen LogP contribution < -0.4 is 10.1 Å². The van der Waals surface area contributed by atoms with Crippen molar-refractivity contribution in [3.8, 4) is 5.75 Å². The Hall–Kier alpha value is -1.02. The van der Waals surface area contributed by atoms with E-state index >= 15 is 0 Å². The minimum Gasteiger partial charge on any atom is -0.496 e. The average molecular weight is 179 g/mol. The summed E-state index contributed by atoms with van der Waals surface area (Å²) in [6.07, 6.45) is 0. The van der Waals surface area contributed by atoms with Crippen LogP contribution in [0.2, 0.25) is 0 Å². The number of rotatable bonds is 4. The highest BCUT2D eigenvalue weighted by atomic mass is 16.5. The second kappa shape index (κ2) is 4.87. The van der Waals surface area contributed by atoms with Crippen LogP contribution in [-0.2, 0) is 6.54 Å². The van der Waals surface area contributed by atoms with Crippen molar-refractivity contribution in [3.63, 3.8) is 0 Å². The average Bonchev–Trinajstić information content (AvgIpc) is 2.15. The molecule has 0 aliphatic carbocycles. The van der Waals surface area contributed by atoms with Crippen molar-refractivity contribution in [2.45, 2.75) is 20.4 Å². The maximum Gasteiger partial charge on any atom is 0.126 e. The van der Waals surface area contributed by atoms with Gasteiger partial charge >= 0.3 is 0 Å². The lowest BCUT2D eigenvalue weighted by Crippen LogP contribution is -2.12. The van der Waals surface area contributed by atoms with Gasteiger partial charge in [-0.05, 0) is 19.0 Å². The zero-order valence-corrected chi connectivity index (χ0v) is 8.55. The third kappa shape index (κ3) is 2.46. The van der Waals surface area contributed by atoms with Crippen LogP contribution in [0.5, 0.6) is 5.75 Å². The van der Waals surface area contributed by atoms with Crippen LogP contribution in [0, 0.1) is 6.92 Å². The van der Waals surface area contributed by atoms with E-state index in [0.29, 0.717) is 0 Å². The van der Waals surface area contributed by atoms with E-state index in [2.05, 4.69) is 37.4 Å². The Morgan fingerprint density at radius 1 is 1.38 bits per heavy atom. The Morgan fingerprint density at radius 3 is 2.77 bits per heavy atom. The molecule has 1 rings (SSSR count). The van der Waals surface area contributed by atoms with Crippen molar-refractivity contribution in [1.29, 1.82) is 0 Å².